The van der Waals surface area contributed by atoms with Gasteiger partial charge in [-0.25, -0.2) is 0 Å². The Morgan fingerprint density at radius 2 is 1.39 bits per heavy atom. The minimum Gasteiger partial charge on any atom is -1.00 e. The van der Waals surface area contributed by atoms with E-state index in [9.17, 15) is 41.1 Å². The van der Waals surface area contributed by atoms with Gasteiger partial charge in [-0.3, -0.25) is 14.4 Å². The molecular weight excluding hydrogens is 865 g/mol. The molecule has 0 fully saturated rings. The molecule has 1 unspecified atom stereocenters. The number of aryl methyl sites for hydroxylation is 1. The second-order valence-corrected chi connectivity index (χ2v) is 19.9. The fraction of sp³-hybridized carbons (Fsp3) is 0.308. The molecule has 0 aromatic heterocycles. The molecule has 1 aliphatic carbocycles. The number of methoxy groups -OCH3 is 1. The molecule has 288 valence electrons. The van der Waals surface area contributed by atoms with Crippen LogP contribution in [-0.4, -0.2) is 51.6 Å². The predicted octanol–water partition coefficient (Wildman–Crippen LogP) is 2.57. The quantitative estimate of drug-likeness (QED) is 0.103. The summed E-state index contributed by atoms with van der Waals surface area (Å²) >= 11 is 0. The van der Waals surface area contributed by atoms with Crippen molar-refractivity contribution in [3.8, 4) is 11.5 Å². The summed E-state index contributed by atoms with van der Waals surface area (Å²) in [6.07, 6.45) is 1.74. The molecule has 1 aliphatic rings. The van der Waals surface area contributed by atoms with Gasteiger partial charge in [0.05, 0.1) is 14.5 Å². The number of aromatic hydroxyl groups is 1. The number of halogens is 4. The van der Waals surface area contributed by atoms with Crippen molar-refractivity contribution < 1.29 is 124 Å². The molecular formula is C39H45CsF4O8SSi. The van der Waals surface area contributed by atoms with Crippen molar-refractivity contribution in [2.75, 3.05) is 7.11 Å². The second-order valence-electron chi connectivity index (χ2n) is 13.3. The number of phenolic OH excluding ortho intramolecular Hbond substituents is 1. The van der Waals surface area contributed by atoms with Crippen molar-refractivity contribution in [2.24, 2.45) is 0 Å². The molecule has 0 amide bonds. The number of hydrogen-bond acceptors (Lipinski definition) is 8. The van der Waals surface area contributed by atoms with E-state index < -0.39 is 29.3 Å². The molecule has 0 bridgehead atoms. The minimum atomic E-state index is -5.61. The van der Waals surface area contributed by atoms with Crippen LogP contribution in [0.4, 0.5) is 13.2 Å². The van der Waals surface area contributed by atoms with Crippen LogP contribution in [0.2, 0.25) is 19.6 Å². The van der Waals surface area contributed by atoms with Crippen molar-refractivity contribution in [1.29, 1.82) is 0 Å². The van der Waals surface area contributed by atoms with Gasteiger partial charge in [0.1, 0.15) is 28.7 Å². The maximum absolute atomic E-state index is 12.2. The van der Waals surface area contributed by atoms with Crippen LogP contribution in [0.1, 0.15) is 55.6 Å². The van der Waals surface area contributed by atoms with Gasteiger partial charge in [0.15, 0.2) is 5.78 Å². The van der Waals surface area contributed by atoms with Crippen LogP contribution < -0.4 is 83.0 Å². The summed E-state index contributed by atoms with van der Waals surface area (Å²) in [5.41, 5.74) is -2.14. The number of carbonyl (C=O) groups excluding carboxylic acids is 3. The van der Waals surface area contributed by atoms with E-state index in [1.54, 1.807) is 31.4 Å². The first kappa shape index (κ1) is 51.4. The summed E-state index contributed by atoms with van der Waals surface area (Å²) in [7, 11) is -5.93. The fourth-order valence-corrected chi connectivity index (χ4v) is 7.14. The third-order valence-corrected chi connectivity index (χ3v) is 10.9. The number of Topliss-reactive ketones (excluding diaryl/α,β-unsaturated/α-hetero) is 2. The van der Waals surface area contributed by atoms with Crippen LogP contribution in [0.15, 0.2) is 96.6 Å². The van der Waals surface area contributed by atoms with E-state index in [0.29, 0.717) is 10.9 Å². The smallest absolute Gasteiger partial charge is 1.00 e. The van der Waals surface area contributed by atoms with Crippen molar-refractivity contribution in [1.82, 2.24) is 0 Å². The first-order chi connectivity index (χ1) is 23.9. The summed E-state index contributed by atoms with van der Waals surface area (Å²) in [6.45, 7) is 14.4. The molecule has 4 aromatic rings. The van der Waals surface area contributed by atoms with Crippen molar-refractivity contribution in [2.45, 2.75) is 71.8 Å². The summed E-state index contributed by atoms with van der Waals surface area (Å²) in [5, 5.41) is 12.1. The molecule has 8 nitrogen and oxygen atoms in total. The largest absolute Gasteiger partial charge is 1.00 e. The standard InChI is InChI=1S/C13H14O2.C11H10O.C10H13F3O3SSi.C5H8O2.Cs.FH/c1-9-8-12(14)10-6-4-5-7-11(10)13(9,2)15-3;1-8-6-9-4-2-3-5-10(9)11(12)7-8;1-18(2,3)9-7-5-4-6-8(9)16-17(14,15)10(11,12)13;1-4(6)3-5(2)7;;/h4-8H,1-3H3;2-7,12H,1H3;4-7H,1-3H3;3H2,1-2H3;;1H/q;;;;+1;/p-1. The number of ether oxygens (including phenoxy) is 1. The Hall–Kier alpha value is -2.61. The van der Waals surface area contributed by atoms with Crippen LogP contribution in [0.25, 0.3) is 10.8 Å². The van der Waals surface area contributed by atoms with Gasteiger partial charge < -0.3 is 18.7 Å². The number of fused-ring (bicyclic) bond motifs is 2. The maximum Gasteiger partial charge on any atom is 1.00 e. The van der Waals surface area contributed by atoms with Crippen molar-refractivity contribution in [3.05, 3.63) is 113 Å². The molecule has 0 spiro atoms. The first-order valence-corrected chi connectivity index (χ1v) is 21.0. The molecule has 0 saturated heterocycles. The molecule has 1 atom stereocenters. The Morgan fingerprint density at radius 1 is 0.870 bits per heavy atom. The maximum atomic E-state index is 12.2. The topological polar surface area (TPSA) is 124 Å². The molecule has 15 heteroatoms. The number of para-hydroxylation sites is 1. The Kier molecular flexibility index (Phi) is 20.6. The van der Waals surface area contributed by atoms with Gasteiger partial charge in [0.25, 0.3) is 0 Å². The number of hydrogen-bond donors (Lipinski definition) is 1. The Morgan fingerprint density at radius 3 is 1.91 bits per heavy atom. The third kappa shape index (κ3) is 14.5. The Labute approximate surface area is 374 Å². The molecule has 0 radical (unpaired) electrons. The van der Waals surface area contributed by atoms with E-state index in [0.717, 1.165) is 33.0 Å². The summed E-state index contributed by atoms with van der Waals surface area (Å²) in [4.78, 5) is 31.8. The first-order valence-electron chi connectivity index (χ1n) is 16.1. The third-order valence-electron chi connectivity index (χ3n) is 7.88. The van der Waals surface area contributed by atoms with Gasteiger partial charge in [0.2, 0.25) is 0 Å². The second kappa shape index (κ2) is 21.6. The van der Waals surface area contributed by atoms with Gasteiger partial charge in [-0.05, 0) is 80.1 Å². The SMILES string of the molecule is CC(=O)CC(C)=O.COC1(C)C(C)=CC(=O)c2ccccc21.C[Si](C)(C)c1ccccc1OS(=O)(=O)C(F)(F)F.Cc1cc(O)c2ccccc2c1.[Cs+].[F-]. The average molecular weight is 911 g/mol. The number of ketones is 3. The number of benzene rings is 4. The van der Waals surface area contributed by atoms with Crippen molar-refractivity contribution >= 4 is 51.5 Å². The monoisotopic (exact) mass is 910 g/mol. The van der Waals surface area contributed by atoms with Crippen LogP contribution in [0, 0.1) is 6.92 Å². The number of rotatable bonds is 6. The van der Waals surface area contributed by atoms with E-state index in [1.165, 1.54) is 26.0 Å². The summed E-state index contributed by atoms with van der Waals surface area (Å²) in [6, 6.07) is 25.2. The zero-order valence-corrected chi connectivity index (χ0v) is 40.2. The molecule has 54 heavy (non-hydrogen) atoms. The number of alkyl halides is 3. The van der Waals surface area contributed by atoms with Gasteiger partial charge in [-0.2, -0.15) is 21.6 Å². The number of allylic oxidation sites excluding steroid dienone is 1. The predicted molar refractivity (Wildman–Crippen MR) is 200 cm³/mol. The molecule has 0 heterocycles. The van der Waals surface area contributed by atoms with Gasteiger partial charge in [-0.1, -0.05) is 92.4 Å². The number of phenols is 1. The van der Waals surface area contributed by atoms with Gasteiger partial charge >= 0.3 is 84.5 Å². The van der Waals surface area contributed by atoms with E-state index in [-0.39, 0.29) is 103 Å². The summed E-state index contributed by atoms with van der Waals surface area (Å²) < 4.78 is 68.4. The van der Waals surface area contributed by atoms with Crippen LogP contribution in [0.3, 0.4) is 0 Å². The normalized spacial score (nSPS) is 14.7. The summed E-state index contributed by atoms with van der Waals surface area (Å²) in [5.74, 6) is 0.0669. The zero-order chi connectivity index (χ0) is 39.7. The molecule has 0 aliphatic heterocycles. The Bertz CT molecular complexity index is 2050. The van der Waals surface area contributed by atoms with Crippen LogP contribution in [-0.2, 0) is 30.0 Å². The molecule has 0 saturated carbocycles. The van der Waals surface area contributed by atoms with E-state index >= 15 is 0 Å². The van der Waals surface area contributed by atoms with Crippen molar-refractivity contribution in [3.63, 3.8) is 0 Å². The molecule has 1 N–H and O–H groups in total. The average Bonchev–Trinajstić information content (AvgIpc) is 3.03. The van der Waals surface area contributed by atoms with Gasteiger partial charge in [-0.15, -0.1) is 0 Å². The van der Waals surface area contributed by atoms with Gasteiger partial charge in [0, 0.05) is 18.1 Å². The molecule has 4 aromatic carbocycles. The van der Waals surface area contributed by atoms with E-state index in [2.05, 4.69) is 10.2 Å². The van der Waals surface area contributed by atoms with Crippen LogP contribution >= 0.6 is 0 Å². The van der Waals surface area contributed by atoms with E-state index in [1.807, 2.05) is 88.9 Å². The van der Waals surface area contributed by atoms with Crippen LogP contribution in [0.5, 0.6) is 11.5 Å². The van der Waals surface area contributed by atoms with E-state index in [4.69, 9.17) is 4.74 Å². The Balaban J connectivity index is 0.000000714. The number of carbonyl (C=O) groups is 3. The molecule has 5 rings (SSSR count). The zero-order valence-electron chi connectivity index (χ0n) is 32.1. The fourth-order valence-electron chi connectivity index (χ4n) is 5.12. The minimum absolute atomic E-state index is 0.